The van der Waals surface area contributed by atoms with Crippen LogP contribution in [0.5, 0.6) is 0 Å². The molecule has 1 aromatic carbocycles. The molecule has 1 heterocycles. The highest BCUT2D eigenvalue weighted by molar-refractivity contribution is 5.23. The van der Waals surface area contributed by atoms with Crippen LogP contribution in [0, 0.1) is 0 Å². The zero-order valence-electron chi connectivity index (χ0n) is 12.1. The van der Waals surface area contributed by atoms with Crippen molar-refractivity contribution in [1.29, 1.82) is 0 Å². The van der Waals surface area contributed by atoms with Crippen molar-refractivity contribution in [3.05, 3.63) is 35.4 Å². The van der Waals surface area contributed by atoms with Gasteiger partial charge in [0.25, 0.3) is 6.43 Å². The molecule has 0 aliphatic carbocycles. The van der Waals surface area contributed by atoms with E-state index >= 15 is 0 Å². The van der Waals surface area contributed by atoms with E-state index in [1.54, 1.807) is 12.1 Å². The molecule has 0 saturated carbocycles. The molecule has 1 aromatic rings. The number of hydrogen-bond donors (Lipinski definition) is 1. The van der Waals surface area contributed by atoms with Gasteiger partial charge in [-0.25, -0.2) is 8.78 Å². The first-order chi connectivity index (χ1) is 9.56. The van der Waals surface area contributed by atoms with Crippen molar-refractivity contribution >= 4 is 0 Å². The highest BCUT2D eigenvalue weighted by Gasteiger charge is 2.21. The summed E-state index contributed by atoms with van der Waals surface area (Å²) in [6.07, 6.45) is -2.39. The highest BCUT2D eigenvalue weighted by Crippen LogP contribution is 2.18. The van der Waals surface area contributed by atoms with Crippen LogP contribution in [0.3, 0.4) is 0 Å². The molecule has 0 spiro atoms. The largest absolute Gasteiger partial charge is 0.311 e. The number of nitrogens with one attached hydrogen (secondary N) is 1. The smallest absolute Gasteiger partial charge is 0.263 e. The van der Waals surface area contributed by atoms with E-state index in [4.69, 9.17) is 0 Å². The molecule has 0 amide bonds. The summed E-state index contributed by atoms with van der Waals surface area (Å²) < 4.78 is 24.9. The Morgan fingerprint density at radius 3 is 2.55 bits per heavy atom. The number of hydrogen-bond acceptors (Lipinski definition) is 3. The van der Waals surface area contributed by atoms with E-state index in [1.807, 2.05) is 0 Å². The van der Waals surface area contributed by atoms with E-state index in [-0.39, 0.29) is 5.56 Å². The molecule has 2 rings (SSSR count). The Kier molecular flexibility index (Phi) is 5.46. The van der Waals surface area contributed by atoms with Crippen LogP contribution in [0.1, 0.15) is 17.6 Å². The van der Waals surface area contributed by atoms with Crippen LogP contribution in [-0.2, 0) is 6.54 Å². The minimum atomic E-state index is -2.39. The van der Waals surface area contributed by atoms with Gasteiger partial charge in [0.15, 0.2) is 0 Å². The Morgan fingerprint density at radius 2 is 1.90 bits per heavy atom. The molecule has 1 aliphatic rings. The number of benzene rings is 1. The molecule has 1 aliphatic heterocycles. The molecule has 20 heavy (non-hydrogen) atoms. The Bertz CT molecular complexity index is 408. The lowest BCUT2D eigenvalue weighted by Crippen LogP contribution is -2.53. The van der Waals surface area contributed by atoms with Crippen molar-refractivity contribution in [1.82, 2.24) is 15.1 Å². The summed E-state index contributed by atoms with van der Waals surface area (Å²) >= 11 is 0. The van der Waals surface area contributed by atoms with Gasteiger partial charge in [0, 0.05) is 44.3 Å². The summed E-state index contributed by atoms with van der Waals surface area (Å²) in [6, 6.07) is 7.05. The molecule has 1 unspecified atom stereocenters. The SMILES string of the molecule is CN1CCN(C)C(CNCc2ccc(C(F)F)cc2)C1. The third kappa shape index (κ3) is 4.23. The molecule has 5 heteroatoms. The minimum Gasteiger partial charge on any atom is -0.311 e. The molecule has 0 radical (unpaired) electrons. The molecule has 1 atom stereocenters. The van der Waals surface area contributed by atoms with E-state index < -0.39 is 6.43 Å². The van der Waals surface area contributed by atoms with E-state index in [0.29, 0.717) is 6.04 Å². The van der Waals surface area contributed by atoms with Crippen LogP contribution >= 0.6 is 0 Å². The van der Waals surface area contributed by atoms with E-state index in [2.05, 4.69) is 29.2 Å². The van der Waals surface area contributed by atoms with Gasteiger partial charge in [-0.1, -0.05) is 24.3 Å². The zero-order valence-corrected chi connectivity index (χ0v) is 12.1. The maximum absolute atomic E-state index is 12.4. The number of likely N-dealkylation sites (N-methyl/N-ethyl adjacent to an activating group) is 2. The lowest BCUT2D eigenvalue weighted by Gasteiger charge is -2.37. The van der Waals surface area contributed by atoms with Crippen molar-refractivity contribution in [2.75, 3.05) is 40.3 Å². The fourth-order valence-corrected chi connectivity index (χ4v) is 2.49. The van der Waals surface area contributed by atoms with Gasteiger partial charge in [-0.3, -0.25) is 4.90 Å². The topological polar surface area (TPSA) is 18.5 Å². The third-order valence-corrected chi connectivity index (χ3v) is 3.92. The second kappa shape index (κ2) is 7.11. The average molecular weight is 283 g/mol. The van der Waals surface area contributed by atoms with Crippen LogP contribution in [0.2, 0.25) is 0 Å². The van der Waals surface area contributed by atoms with Gasteiger partial charge in [-0.2, -0.15) is 0 Å². The van der Waals surface area contributed by atoms with Gasteiger partial charge in [-0.15, -0.1) is 0 Å². The second-order valence-corrected chi connectivity index (χ2v) is 5.57. The molecule has 0 bridgehead atoms. The third-order valence-electron chi connectivity index (χ3n) is 3.92. The molecule has 1 N–H and O–H groups in total. The Morgan fingerprint density at radius 1 is 1.20 bits per heavy atom. The Balaban J connectivity index is 1.77. The summed E-state index contributed by atoms with van der Waals surface area (Å²) in [6.45, 7) is 4.90. The van der Waals surface area contributed by atoms with E-state index in [1.165, 1.54) is 12.1 Å². The Hall–Kier alpha value is -1.04. The number of alkyl halides is 2. The molecule has 1 saturated heterocycles. The minimum absolute atomic E-state index is 0.0855. The number of rotatable bonds is 5. The number of nitrogens with zero attached hydrogens (tertiary/aromatic N) is 2. The molecular formula is C15H23F2N3. The lowest BCUT2D eigenvalue weighted by molar-refractivity contribution is 0.113. The summed E-state index contributed by atoms with van der Waals surface area (Å²) in [5.74, 6) is 0. The van der Waals surface area contributed by atoms with Gasteiger partial charge in [0.1, 0.15) is 0 Å². The first-order valence-electron chi connectivity index (χ1n) is 7.02. The maximum atomic E-state index is 12.4. The summed E-state index contributed by atoms with van der Waals surface area (Å²) in [5.41, 5.74) is 1.13. The Labute approximate surface area is 119 Å². The van der Waals surface area contributed by atoms with Crippen molar-refractivity contribution < 1.29 is 8.78 Å². The van der Waals surface area contributed by atoms with Crippen LogP contribution in [0.15, 0.2) is 24.3 Å². The van der Waals surface area contributed by atoms with Crippen molar-refractivity contribution in [2.45, 2.75) is 19.0 Å². The molecular weight excluding hydrogens is 260 g/mol. The van der Waals surface area contributed by atoms with E-state index in [0.717, 1.165) is 38.3 Å². The van der Waals surface area contributed by atoms with Crippen LogP contribution in [0.4, 0.5) is 8.78 Å². The summed E-state index contributed by atoms with van der Waals surface area (Å²) in [4.78, 5) is 4.71. The lowest BCUT2D eigenvalue weighted by atomic mass is 10.1. The van der Waals surface area contributed by atoms with Crippen molar-refractivity contribution in [3.8, 4) is 0 Å². The predicted octanol–water partition coefficient (Wildman–Crippen LogP) is 1.96. The number of piperazine rings is 1. The zero-order chi connectivity index (χ0) is 14.5. The molecule has 0 aromatic heterocycles. The standard InChI is InChI=1S/C15H23F2N3/c1-19-7-8-20(2)14(11-19)10-18-9-12-3-5-13(6-4-12)15(16)17/h3-6,14-15,18H,7-11H2,1-2H3. The van der Waals surface area contributed by atoms with Crippen molar-refractivity contribution in [3.63, 3.8) is 0 Å². The van der Waals surface area contributed by atoms with Crippen LogP contribution in [0.25, 0.3) is 0 Å². The quantitative estimate of drug-likeness (QED) is 0.891. The van der Waals surface area contributed by atoms with E-state index in [9.17, 15) is 8.78 Å². The highest BCUT2D eigenvalue weighted by atomic mass is 19.3. The second-order valence-electron chi connectivity index (χ2n) is 5.57. The number of halogens is 2. The predicted molar refractivity (Wildman–Crippen MR) is 77.0 cm³/mol. The monoisotopic (exact) mass is 283 g/mol. The first-order valence-corrected chi connectivity index (χ1v) is 7.02. The van der Waals surface area contributed by atoms with Gasteiger partial charge < -0.3 is 10.2 Å². The van der Waals surface area contributed by atoms with Crippen molar-refractivity contribution in [2.24, 2.45) is 0 Å². The van der Waals surface area contributed by atoms with Crippen LogP contribution < -0.4 is 5.32 Å². The molecule has 1 fully saturated rings. The maximum Gasteiger partial charge on any atom is 0.263 e. The van der Waals surface area contributed by atoms with Gasteiger partial charge in [-0.05, 0) is 19.7 Å². The average Bonchev–Trinajstić information content (AvgIpc) is 2.43. The first kappa shape index (κ1) is 15.4. The fourth-order valence-electron chi connectivity index (χ4n) is 2.49. The van der Waals surface area contributed by atoms with Gasteiger partial charge >= 0.3 is 0 Å². The molecule has 3 nitrogen and oxygen atoms in total. The normalized spacial score (nSPS) is 21.6. The van der Waals surface area contributed by atoms with Crippen LogP contribution in [-0.4, -0.2) is 56.1 Å². The van der Waals surface area contributed by atoms with Gasteiger partial charge in [0.05, 0.1) is 0 Å². The summed E-state index contributed by atoms with van der Waals surface area (Å²) in [7, 11) is 4.29. The summed E-state index contributed by atoms with van der Waals surface area (Å²) in [5, 5.41) is 3.42. The molecule has 112 valence electrons. The van der Waals surface area contributed by atoms with Gasteiger partial charge in [0.2, 0.25) is 0 Å². The fraction of sp³-hybridized carbons (Fsp3) is 0.600.